The Hall–Kier alpha value is -1.75. The molecule has 5 heteroatoms. The summed E-state index contributed by atoms with van der Waals surface area (Å²) in [5.74, 6) is 1.39. The van der Waals surface area contributed by atoms with Gasteiger partial charge in [-0.2, -0.15) is 4.98 Å². The first-order chi connectivity index (χ1) is 10.3. The molecular formula is C16H21N3O2. The van der Waals surface area contributed by atoms with E-state index in [2.05, 4.69) is 22.0 Å². The van der Waals surface area contributed by atoms with E-state index in [1.807, 2.05) is 12.1 Å². The van der Waals surface area contributed by atoms with E-state index in [-0.39, 0.29) is 12.0 Å². The highest BCUT2D eigenvalue weighted by atomic mass is 16.5. The van der Waals surface area contributed by atoms with Gasteiger partial charge in [0.15, 0.2) is 0 Å². The molecule has 2 unspecified atom stereocenters. The van der Waals surface area contributed by atoms with Crippen molar-refractivity contribution in [2.45, 2.75) is 51.6 Å². The average molecular weight is 287 g/mol. The fourth-order valence-electron chi connectivity index (χ4n) is 3.01. The summed E-state index contributed by atoms with van der Waals surface area (Å²) in [4.78, 5) is 8.83. The summed E-state index contributed by atoms with van der Waals surface area (Å²) in [6.45, 7) is 2.08. The second-order valence-corrected chi connectivity index (χ2v) is 5.69. The second kappa shape index (κ2) is 6.35. The first kappa shape index (κ1) is 14.2. The molecule has 2 aromatic rings. The van der Waals surface area contributed by atoms with Crippen LogP contribution in [0.15, 0.2) is 22.9 Å². The molecule has 5 nitrogen and oxygen atoms in total. The molecule has 0 spiro atoms. The zero-order chi connectivity index (χ0) is 14.7. The van der Waals surface area contributed by atoms with Crippen molar-refractivity contribution in [2.75, 3.05) is 0 Å². The third-order valence-corrected chi connectivity index (χ3v) is 4.26. The van der Waals surface area contributed by atoms with Crippen molar-refractivity contribution in [3.8, 4) is 11.5 Å². The van der Waals surface area contributed by atoms with E-state index in [0.29, 0.717) is 18.1 Å². The van der Waals surface area contributed by atoms with Gasteiger partial charge in [-0.3, -0.25) is 4.98 Å². The van der Waals surface area contributed by atoms with E-state index in [4.69, 9.17) is 4.52 Å². The number of nitrogens with zero attached hydrogens (tertiary/aromatic N) is 3. The molecule has 0 aromatic carbocycles. The van der Waals surface area contributed by atoms with E-state index < -0.39 is 0 Å². The van der Waals surface area contributed by atoms with Gasteiger partial charge in [-0.1, -0.05) is 31.0 Å². The van der Waals surface area contributed by atoms with Crippen molar-refractivity contribution in [3.63, 3.8) is 0 Å². The Morgan fingerprint density at radius 3 is 3.00 bits per heavy atom. The van der Waals surface area contributed by atoms with Crippen LogP contribution in [0.5, 0.6) is 0 Å². The van der Waals surface area contributed by atoms with E-state index in [9.17, 15) is 5.11 Å². The van der Waals surface area contributed by atoms with Crippen LogP contribution in [0.3, 0.4) is 0 Å². The molecule has 1 aliphatic carbocycles. The highest BCUT2D eigenvalue weighted by Gasteiger charge is 2.25. The monoisotopic (exact) mass is 287 g/mol. The van der Waals surface area contributed by atoms with Crippen LogP contribution in [-0.2, 0) is 12.8 Å². The molecule has 0 radical (unpaired) electrons. The van der Waals surface area contributed by atoms with E-state index >= 15 is 0 Å². The molecule has 1 saturated carbocycles. The quantitative estimate of drug-likeness (QED) is 0.936. The zero-order valence-electron chi connectivity index (χ0n) is 12.3. The van der Waals surface area contributed by atoms with E-state index in [1.165, 1.54) is 6.42 Å². The summed E-state index contributed by atoms with van der Waals surface area (Å²) in [6, 6.07) is 3.95. The van der Waals surface area contributed by atoms with Crippen LogP contribution in [0.2, 0.25) is 0 Å². The van der Waals surface area contributed by atoms with Gasteiger partial charge in [-0.05, 0) is 36.8 Å². The van der Waals surface area contributed by atoms with Crippen molar-refractivity contribution in [3.05, 3.63) is 29.8 Å². The molecule has 2 aromatic heterocycles. The van der Waals surface area contributed by atoms with Gasteiger partial charge in [0.2, 0.25) is 11.7 Å². The normalized spacial score (nSPS) is 22.4. The fourth-order valence-corrected chi connectivity index (χ4v) is 3.01. The third-order valence-electron chi connectivity index (χ3n) is 4.26. The number of rotatable bonds is 4. The maximum Gasteiger partial charge on any atom is 0.227 e. The fraction of sp³-hybridized carbons (Fsp3) is 0.562. The number of aryl methyl sites for hydroxylation is 1. The summed E-state index contributed by atoms with van der Waals surface area (Å²) >= 11 is 0. The summed E-state index contributed by atoms with van der Waals surface area (Å²) in [6.07, 6.45) is 7.24. The predicted octanol–water partition coefficient (Wildman–Crippen LogP) is 2.79. The van der Waals surface area contributed by atoms with Crippen molar-refractivity contribution in [1.29, 1.82) is 0 Å². The topological polar surface area (TPSA) is 72.0 Å². The Morgan fingerprint density at radius 2 is 2.19 bits per heavy atom. The van der Waals surface area contributed by atoms with Gasteiger partial charge < -0.3 is 9.63 Å². The van der Waals surface area contributed by atoms with Crippen molar-refractivity contribution in [1.82, 2.24) is 15.1 Å². The standard InChI is InChI=1S/C16H21N3O2/c1-2-11-7-5-9-17-15(11)16-18-14(21-19-16)10-12-6-3-4-8-13(12)20/h5,7,9,12-13,20H,2-4,6,8,10H2,1H3. The maximum absolute atomic E-state index is 10.0. The Morgan fingerprint density at radius 1 is 1.33 bits per heavy atom. The van der Waals surface area contributed by atoms with Crippen LogP contribution < -0.4 is 0 Å². The largest absolute Gasteiger partial charge is 0.393 e. The zero-order valence-corrected chi connectivity index (χ0v) is 12.3. The first-order valence-electron chi connectivity index (χ1n) is 7.73. The van der Waals surface area contributed by atoms with Crippen LogP contribution in [0.4, 0.5) is 0 Å². The summed E-state index contributed by atoms with van der Waals surface area (Å²) < 4.78 is 5.36. The highest BCUT2D eigenvalue weighted by molar-refractivity contribution is 5.53. The van der Waals surface area contributed by atoms with Gasteiger partial charge in [0.1, 0.15) is 5.69 Å². The summed E-state index contributed by atoms with van der Waals surface area (Å²) in [5.41, 5.74) is 1.90. The maximum atomic E-state index is 10.0. The van der Waals surface area contributed by atoms with Crippen molar-refractivity contribution >= 4 is 0 Å². The molecule has 1 aliphatic rings. The Bertz CT molecular complexity index is 597. The number of hydrogen-bond donors (Lipinski definition) is 1. The highest BCUT2D eigenvalue weighted by Crippen LogP contribution is 2.27. The molecule has 1 N–H and O–H groups in total. The molecule has 0 aliphatic heterocycles. The number of aromatic nitrogens is 3. The lowest BCUT2D eigenvalue weighted by molar-refractivity contribution is 0.0657. The van der Waals surface area contributed by atoms with Gasteiger partial charge in [-0.25, -0.2) is 0 Å². The van der Waals surface area contributed by atoms with Gasteiger partial charge >= 0.3 is 0 Å². The van der Waals surface area contributed by atoms with Gasteiger partial charge in [-0.15, -0.1) is 0 Å². The Labute approximate surface area is 124 Å². The van der Waals surface area contributed by atoms with E-state index in [0.717, 1.165) is 36.9 Å². The van der Waals surface area contributed by atoms with Crippen LogP contribution in [0.25, 0.3) is 11.5 Å². The number of pyridine rings is 1. The van der Waals surface area contributed by atoms with Crippen molar-refractivity contribution < 1.29 is 9.63 Å². The molecule has 2 heterocycles. The van der Waals surface area contributed by atoms with Gasteiger partial charge in [0, 0.05) is 12.6 Å². The van der Waals surface area contributed by atoms with Gasteiger partial charge in [0.25, 0.3) is 0 Å². The van der Waals surface area contributed by atoms with Gasteiger partial charge in [0.05, 0.1) is 6.10 Å². The summed E-state index contributed by atoms with van der Waals surface area (Å²) in [5, 5.41) is 14.1. The minimum absolute atomic E-state index is 0.237. The Balaban J connectivity index is 1.77. The molecule has 1 fully saturated rings. The second-order valence-electron chi connectivity index (χ2n) is 5.69. The van der Waals surface area contributed by atoms with Crippen LogP contribution in [0, 0.1) is 5.92 Å². The average Bonchev–Trinajstić information content (AvgIpc) is 2.98. The lowest BCUT2D eigenvalue weighted by Gasteiger charge is -2.26. The molecule has 0 saturated heterocycles. The molecular weight excluding hydrogens is 266 g/mol. The number of aliphatic hydroxyl groups is 1. The van der Waals surface area contributed by atoms with Crippen LogP contribution >= 0.6 is 0 Å². The first-order valence-corrected chi connectivity index (χ1v) is 7.73. The molecule has 0 amide bonds. The predicted molar refractivity (Wildman–Crippen MR) is 78.6 cm³/mol. The number of aliphatic hydroxyl groups excluding tert-OH is 1. The molecule has 21 heavy (non-hydrogen) atoms. The van der Waals surface area contributed by atoms with Crippen LogP contribution in [0.1, 0.15) is 44.1 Å². The summed E-state index contributed by atoms with van der Waals surface area (Å²) in [7, 11) is 0. The minimum Gasteiger partial charge on any atom is -0.393 e. The molecule has 0 bridgehead atoms. The Kier molecular flexibility index (Phi) is 4.29. The lowest BCUT2D eigenvalue weighted by Crippen LogP contribution is -2.26. The molecule has 3 rings (SSSR count). The minimum atomic E-state index is -0.241. The molecule has 2 atom stereocenters. The van der Waals surface area contributed by atoms with Crippen LogP contribution in [-0.4, -0.2) is 26.3 Å². The lowest BCUT2D eigenvalue weighted by atomic mass is 9.84. The smallest absolute Gasteiger partial charge is 0.227 e. The van der Waals surface area contributed by atoms with Crippen molar-refractivity contribution in [2.24, 2.45) is 5.92 Å². The SMILES string of the molecule is CCc1cccnc1-c1noc(CC2CCCCC2O)n1. The third kappa shape index (κ3) is 3.13. The molecule has 112 valence electrons. The van der Waals surface area contributed by atoms with E-state index in [1.54, 1.807) is 6.20 Å². The number of hydrogen-bond acceptors (Lipinski definition) is 5.